The van der Waals surface area contributed by atoms with Crippen LogP contribution in [0.25, 0.3) is 0 Å². The fourth-order valence-corrected chi connectivity index (χ4v) is 1.15. The molecule has 3 nitrogen and oxygen atoms in total. The van der Waals surface area contributed by atoms with E-state index in [1.54, 1.807) is 0 Å². The van der Waals surface area contributed by atoms with Gasteiger partial charge in [-0.15, -0.1) is 0 Å². The molecule has 76 valence electrons. The van der Waals surface area contributed by atoms with Crippen molar-refractivity contribution in [2.75, 3.05) is 0 Å². The molecule has 0 saturated carbocycles. The summed E-state index contributed by atoms with van der Waals surface area (Å²) < 4.78 is 0. The summed E-state index contributed by atoms with van der Waals surface area (Å²) >= 11 is 0. The summed E-state index contributed by atoms with van der Waals surface area (Å²) in [6.07, 6.45) is 1.61. The van der Waals surface area contributed by atoms with Crippen molar-refractivity contribution < 1.29 is 0 Å². The van der Waals surface area contributed by atoms with Crippen LogP contribution in [0.1, 0.15) is 25.3 Å². The first-order chi connectivity index (χ1) is 6.25. The van der Waals surface area contributed by atoms with E-state index in [2.05, 4.69) is 0 Å². The minimum Gasteiger partial charge on any atom is -0.344 e. The van der Waals surface area contributed by atoms with Crippen LogP contribution < -0.4 is 6.15 Å². The van der Waals surface area contributed by atoms with E-state index in [0.29, 0.717) is 17.8 Å². The number of nitrogens with one attached hydrogen (secondary N) is 2. The van der Waals surface area contributed by atoms with Crippen molar-refractivity contribution in [3.63, 3.8) is 0 Å². The van der Waals surface area contributed by atoms with E-state index in [1.165, 1.54) is 0 Å². The smallest absolute Gasteiger partial charge is 0.0819 e. The van der Waals surface area contributed by atoms with Crippen molar-refractivity contribution in [1.29, 1.82) is 10.8 Å². The minimum absolute atomic E-state index is 0. The molecule has 0 spiro atoms. The Morgan fingerprint density at radius 3 is 2.21 bits per heavy atom. The molecule has 3 heteroatoms. The lowest BCUT2D eigenvalue weighted by atomic mass is 10.0. The number of hydrogen-bond donors (Lipinski definition) is 3. The third-order valence-electron chi connectivity index (χ3n) is 1.86. The van der Waals surface area contributed by atoms with Crippen molar-refractivity contribution >= 4 is 11.4 Å². The Kier molecular flexibility index (Phi) is 5.41. The van der Waals surface area contributed by atoms with E-state index in [0.717, 1.165) is 12.0 Å². The van der Waals surface area contributed by atoms with E-state index in [4.69, 9.17) is 10.8 Å². The van der Waals surface area contributed by atoms with Gasteiger partial charge in [0.05, 0.1) is 11.4 Å². The van der Waals surface area contributed by atoms with Gasteiger partial charge in [0.15, 0.2) is 0 Å². The molecule has 0 atom stereocenters. The Labute approximate surface area is 84.8 Å². The molecule has 0 bridgehead atoms. The second-order valence-electron chi connectivity index (χ2n) is 2.97. The minimum atomic E-state index is 0. The van der Waals surface area contributed by atoms with Crippen molar-refractivity contribution in [3.05, 3.63) is 35.9 Å². The van der Waals surface area contributed by atoms with Crippen molar-refractivity contribution in [2.45, 2.75) is 19.8 Å². The van der Waals surface area contributed by atoms with Gasteiger partial charge in [0.25, 0.3) is 0 Å². The molecule has 0 aliphatic rings. The van der Waals surface area contributed by atoms with E-state index < -0.39 is 0 Å². The van der Waals surface area contributed by atoms with Gasteiger partial charge in [0, 0.05) is 5.56 Å². The second kappa shape index (κ2) is 6.05. The Bertz CT molecular complexity index is 304. The molecular formula is C11H17N3. The van der Waals surface area contributed by atoms with Gasteiger partial charge in [-0.05, 0) is 6.42 Å². The van der Waals surface area contributed by atoms with Crippen molar-refractivity contribution in [3.8, 4) is 0 Å². The molecule has 5 N–H and O–H groups in total. The fraction of sp³-hybridized carbons (Fsp3) is 0.273. The Morgan fingerprint density at radius 2 is 1.71 bits per heavy atom. The summed E-state index contributed by atoms with van der Waals surface area (Å²) in [7, 11) is 0. The fourth-order valence-electron chi connectivity index (χ4n) is 1.15. The normalized spacial score (nSPS) is 8.93. The molecule has 0 fully saturated rings. The lowest BCUT2D eigenvalue weighted by Crippen LogP contribution is -2.12. The topological polar surface area (TPSA) is 82.7 Å². The molecule has 1 aromatic rings. The quantitative estimate of drug-likeness (QED) is 0.628. The predicted molar refractivity (Wildman–Crippen MR) is 60.9 cm³/mol. The van der Waals surface area contributed by atoms with Crippen LogP contribution in [0, 0.1) is 10.8 Å². The molecule has 0 saturated heterocycles. The van der Waals surface area contributed by atoms with Gasteiger partial charge in [-0.3, -0.25) is 5.41 Å². The summed E-state index contributed by atoms with van der Waals surface area (Å²) in [5.74, 6) is 0. The van der Waals surface area contributed by atoms with E-state index in [9.17, 15) is 0 Å². The molecule has 0 unspecified atom stereocenters. The Morgan fingerprint density at radius 1 is 1.14 bits per heavy atom. The van der Waals surface area contributed by atoms with Crippen LogP contribution in [0.5, 0.6) is 0 Å². The standard InChI is InChI=1S/C11H14N2.H3N/c1-2-6-10(12)11(13)9-7-4-3-5-8-9;/h3-5,7-8,12-13H,2,6H2,1H3;1H3. The Hall–Kier alpha value is -1.48. The van der Waals surface area contributed by atoms with Gasteiger partial charge in [-0.2, -0.15) is 0 Å². The van der Waals surface area contributed by atoms with E-state index >= 15 is 0 Å². The van der Waals surface area contributed by atoms with E-state index in [1.807, 2.05) is 37.3 Å². The monoisotopic (exact) mass is 191 g/mol. The molecule has 0 heterocycles. The van der Waals surface area contributed by atoms with Crippen molar-refractivity contribution in [2.24, 2.45) is 0 Å². The summed E-state index contributed by atoms with van der Waals surface area (Å²) in [6, 6.07) is 9.44. The second-order valence-corrected chi connectivity index (χ2v) is 2.97. The van der Waals surface area contributed by atoms with Crippen LogP contribution in [0.2, 0.25) is 0 Å². The molecule has 0 radical (unpaired) electrons. The molecular weight excluding hydrogens is 174 g/mol. The molecule has 1 rings (SSSR count). The highest BCUT2D eigenvalue weighted by atomic mass is 14.5. The van der Waals surface area contributed by atoms with Gasteiger partial charge in [0.1, 0.15) is 0 Å². The number of hydrogen-bond acceptors (Lipinski definition) is 3. The van der Waals surface area contributed by atoms with Gasteiger partial charge in [0.2, 0.25) is 0 Å². The number of benzene rings is 1. The summed E-state index contributed by atoms with van der Waals surface area (Å²) in [5.41, 5.74) is 1.61. The Balaban J connectivity index is 0.00000169. The summed E-state index contributed by atoms with van der Waals surface area (Å²) in [6.45, 7) is 2.02. The zero-order chi connectivity index (χ0) is 9.68. The van der Waals surface area contributed by atoms with Gasteiger partial charge < -0.3 is 11.6 Å². The highest BCUT2D eigenvalue weighted by Crippen LogP contribution is 2.03. The SMILES string of the molecule is CCCC(=N)C(=N)c1ccccc1.N. The predicted octanol–water partition coefficient (Wildman–Crippen LogP) is 3.04. The third kappa shape index (κ3) is 3.11. The van der Waals surface area contributed by atoms with Crippen LogP contribution >= 0.6 is 0 Å². The van der Waals surface area contributed by atoms with E-state index in [-0.39, 0.29) is 6.15 Å². The van der Waals surface area contributed by atoms with Crippen LogP contribution in [0.4, 0.5) is 0 Å². The summed E-state index contributed by atoms with van der Waals surface area (Å²) in [4.78, 5) is 0. The van der Waals surface area contributed by atoms with Crippen molar-refractivity contribution in [1.82, 2.24) is 6.15 Å². The number of rotatable bonds is 4. The lowest BCUT2D eigenvalue weighted by Gasteiger charge is -2.03. The lowest BCUT2D eigenvalue weighted by molar-refractivity contribution is 0.993. The average Bonchev–Trinajstić information content (AvgIpc) is 2.18. The van der Waals surface area contributed by atoms with Crippen LogP contribution in [0.15, 0.2) is 30.3 Å². The molecule has 0 aromatic heterocycles. The van der Waals surface area contributed by atoms with Crippen LogP contribution in [-0.2, 0) is 0 Å². The highest BCUT2D eigenvalue weighted by molar-refractivity contribution is 6.46. The molecule has 1 aromatic carbocycles. The molecule has 0 aliphatic carbocycles. The largest absolute Gasteiger partial charge is 0.344 e. The first-order valence-corrected chi connectivity index (χ1v) is 4.47. The first kappa shape index (κ1) is 12.5. The van der Waals surface area contributed by atoms with Gasteiger partial charge in [-0.1, -0.05) is 43.7 Å². The average molecular weight is 191 g/mol. The summed E-state index contributed by atoms with van der Waals surface area (Å²) in [5, 5.41) is 15.3. The maximum absolute atomic E-state index is 7.71. The van der Waals surface area contributed by atoms with Crippen LogP contribution in [0.3, 0.4) is 0 Å². The maximum atomic E-state index is 7.71. The molecule has 0 amide bonds. The first-order valence-electron chi connectivity index (χ1n) is 4.47. The molecule has 14 heavy (non-hydrogen) atoms. The maximum Gasteiger partial charge on any atom is 0.0819 e. The molecule has 0 aliphatic heterocycles. The highest BCUT2D eigenvalue weighted by Gasteiger charge is 2.05. The zero-order valence-electron chi connectivity index (χ0n) is 8.51. The zero-order valence-corrected chi connectivity index (χ0v) is 8.51. The van der Waals surface area contributed by atoms with Crippen LogP contribution in [-0.4, -0.2) is 11.4 Å². The van der Waals surface area contributed by atoms with Gasteiger partial charge in [-0.25, -0.2) is 0 Å². The third-order valence-corrected chi connectivity index (χ3v) is 1.86. The van der Waals surface area contributed by atoms with Gasteiger partial charge >= 0.3 is 0 Å².